The fourth-order valence-corrected chi connectivity index (χ4v) is 4.28. The van der Waals surface area contributed by atoms with Crippen molar-refractivity contribution in [1.82, 2.24) is 20.4 Å². The quantitative estimate of drug-likeness (QED) is 0.734. The Balaban J connectivity index is 0.00000192. The first kappa shape index (κ1) is 25.2. The van der Waals surface area contributed by atoms with Gasteiger partial charge < -0.3 is 15.5 Å². The van der Waals surface area contributed by atoms with Crippen LogP contribution < -0.4 is 10.6 Å². The predicted octanol–water partition coefficient (Wildman–Crippen LogP) is 1.92. The van der Waals surface area contributed by atoms with E-state index in [2.05, 4.69) is 34.4 Å². The molecule has 25 heavy (non-hydrogen) atoms. The van der Waals surface area contributed by atoms with E-state index in [-0.39, 0.29) is 49.2 Å². The zero-order chi connectivity index (χ0) is 15.5. The smallest absolute Gasteiger partial charge is 0.237 e. The molecule has 0 bridgehead atoms. The molecule has 0 aromatic rings. The molecular formula is C17H35Cl3N4O. The normalized spacial score (nSPS) is 30.9. The van der Waals surface area contributed by atoms with Crippen LogP contribution in [0.3, 0.4) is 0 Å². The van der Waals surface area contributed by atoms with E-state index < -0.39 is 0 Å². The SMILES string of the molecule is CC(CNC(=O)C1CC2CCCCC2N1)N1CCN(C)CC1.Cl.Cl.Cl. The molecule has 0 radical (unpaired) electrons. The maximum Gasteiger partial charge on any atom is 0.237 e. The van der Waals surface area contributed by atoms with Crippen LogP contribution >= 0.6 is 37.2 Å². The van der Waals surface area contributed by atoms with Gasteiger partial charge in [-0.15, -0.1) is 37.2 Å². The van der Waals surface area contributed by atoms with Crippen LogP contribution in [-0.2, 0) is 4.79 Å². The Bertz CT molecular complexity index is 380. The van der Waals surface area contributed by atoms with Gasteiger partial charge in [-0.3, -0.25) is 9.69 Å². The molecule has 1 amide bonds. The first-order chi connectivity index (χ1) is 10.6. The van der Waals surface area contributed by atoms with Gasteiger partial charge in [-0.2, -0.15) is 0 Å². The van der Waals surface area contributed by atoms with Crippen LogP contribution in [0.4, 0.5) is 0 Å². The number of hydrogen-bond donors (Lipinski definition) is 2. The fraction of sp³-hybridized carbons (Fsp3) is 0.941. The molecule has 0 spiro atoms. The number of halogens is 3. The molecule has 5 nitrogen and oxygen atoms in total. The molecule has 3 rings (SSSR count). The molecule has 3 aliphatic rings. The van der Waals surface area contributed by atoms with E-state index in [1.54, 1.807) is 0 Å². The van der Waals surface area contributed by atoms with E-state index in [0.29, 0.717) is 12.1 Å². The maximum absolute atomic E-state index is 12.4. The average Bonchev–Trinajstić information content (AvgIpc) is 2.97. The lowest BCUT2D eigenvalue weighted by molar-refractivity contribution is -0.123. The zero-order valence-corrected chi connectivity index (χ0v) is 17.9. The topological polar surface area (TPSA) is 47.6 Å². The summed E-state index contributed by atoms with van der Waals surface area (Å²) in [6, 6.07) is 1.08. The van der Waals surface area contributed by atoms with Gasteiger partial charge in [0.05, 0.1) is 6.04 Å². The minimum absolute atomic E-state index is 0. The van der Waals surface area contributed by atoms with Crippen molar-refractivity contribution in [2.75, 3.05) is 39.8 Å². The van der Waals surface area contributed by atoms with Gasteiger partial charge in [-0.05, 0) is 39.2 Å². The van der Waals surface area contributed by atoms with Crippen molar-refractivity contribution < 1.29 is 4.79 Å². The summed E-state index contributed by atoms with van der Waals surface area (Å²) >= 11 is 0. The van der Waals surface area contributed by atoms with Crippen LogP contribution in [0.15, 0.2) is 0 Å². The van der Waals surface area contributed by atoms with E-state index in [4.69, 9.17) is 0 Å². The van der Waals surface area contributed by atoms with Crippen molar-refractivity contribution in [1.29, 1.82) is 0 Å². The molecule has 2 saturated heterocycles. The van der Waals surface area contributed by atoms with Crippen molar-refractivity contribution >= 4 is 43.1 Å². The molecule has 8 heteroatoms. The van der Waals surface area contributed by atoms with E-state index in [1.165, 1.54) is 25.7 Å². The minimum atomic E-state index is 0. The second-order valence-corrected chi connectivity index (χ2v) is 7.54. The summed E-state index contributed by atoms with van der Waals surface area (Å²) < 4.78 is 0. The second kappa shape index (κ2) is 11.8. The molecule has 0 aromatic heterocycles. The van der Waals surface area contributed by atoms with Crippen LogP contribution in [0.1, 0.15) is 39.0 Å². The van der Waals surface area contributed by atoms with Crippen molar-refractivity contribution in [3.63, 3.8) is 0 Å². The van der Waals surface area contributed by atoms with Crippen LogP contribution in [-0.4, -0.2) is 73.6 Å². The molecule has 150 valence electrons. The van der Waals surface area contributed by atoms with E-state index >= 15 is 0 Å². The Morgan fingerprint density at radius 2 is 1.76 bits per heavy atom. The number of rotatable bonds is 4. The molecule has 2 heterocycles. The van der Waals surface area contributed by atoms with Crippen LogP contribution in [0.5, 0.6) is 0 Å². The Morgan fingerprint density at radius 3 is 2.40 bits per heavy atom. The Hall–Kier alpha value is 0.220. The van der Waals surface area contributed by atoms with E-state index in [9.17, 15) is 4.79 Å². The van der Waals surface area contributed by atoms with E-state index in [1.807, 2.05) is 0 Å². The third kappa shape index (κ3) is 6.71. The second-order valence-electron chi connectivity index (χ2n) is 7.54. The lowest BCUT2D eigenvalue weighted by Crippen LogP contribution is -2.52. The summed E-state index contributed by atoms with van der Waals surface area (Å²) in [5.41, 5.74) is 0. The predicted molar refractivity (Wildman–Crippen MR) is 111 cm³/mol. The standard InChI is InChI=1S/C17H32N4O.3ClH/c1-13(21-9-7-20(2)8-10-21)12-18-17(22)16-11-14-5-3-4-6-15(14)19-16;;;/h13-16,19H,3-12H2,1-2H3,(H,18,22);3*1H. The van der Waals surface area contributed by atoms with Gasteiger partial charge >= 0.3 is 0 Å². The highest BCUT2D eigenvalue weighted by atomic mass is 35.5. The highest BCUT2D eigenvalue weighted by Gasteiger charge is 2.38. The Labute approximate surface area is 171 Å². The highest BCUT2D eigenvalue weighted by Crippen LogP contribution is 2.33. The lowest BCUT2D eigenvalue weighted by atomic mass is 9.85. The van der Waals surface area contributed by atoms with Gasteiger partial charge in [0.1, 0.15) is 0 Å². The molecule has 4 atom stereocenters. The monoisotopic (exact) mass is 416 g/mol. The Morgan fingerprint density at radius 1 is 1.12 bits per heavy atom. The molecular weight excluding hydrogens is 383 g/mol. The first-order valence-electron chi connectivity index (χ1n) is 9.10. The number of amides is 1. The van der Waals surface area contributed by atoms with Gasteiger partial charge in [0.15, 0.2) is 0 Å². The molecule has 3 fully saturated rings. The van der Waals surface area contributed by atoms with Crippen LogP contribution in [0.25, 0.3) is 0 Å². The summed E-state index contributed by atoms with van der Waals surface area (Å²) in [5.74, 6) is 0.954. The summed E-state index contributed by atoms with van der Waals surface area (Å²) in [4.78, 5) is 17.3. The zero-order valence-electron chi connectivity index (χ0n) is 15.4. The summed E-state index contributed by atoms with van der Waals surface area (Å²) in [6.45, 7) is 7.49. The molecule has 0 aromatic carbocycles. The lowest BCUT2D eigenvalue weighted by Gasteiger charge is -2.36. The van der Waals surface area contributed by atoms with Crippen LogP contribution in [0.2, 0.25) is 0 Å². The number of piperazine rings is 1. The summed E-state index contributed by atoms with van der Waals surface area (Å²) in [5, 5.41) is 6.76. The molecule has 2 N–H and O–H groups in total. The van der Waals surface area contributed by atoms with Crippen molar-refractivity contribution in [3.05, 3.63) is 0 Å². The third-order valence-electron chi connectivity index (χ3n) is 5.91. The van der Waals surface area contributed by atoms with Crippen LogP contribution in [0, 0.1) is 5.92 Å². The number of fused-ring (bicyclic) bond motifs is 1. The van der Waals surface area contributed by atoms with Gasteiger partial charge in [-0.1, -0.05) is 12.8 Å². The number of likely N-dealkylation sites (N-methyl/N-ethyl adjacent to an activating group) is 1. The average molecular weight is 418 g/mol. The van der Waals surface area contributed by atoms with Gasteiger partial charge in [-0.25, -0.2) is 0 Å². The number of carbonyl (C=O) groups is 1. The number of nitrogens with one attached hydrogen (secondary N) is 2. The number of carbonyl (C=O) groups excluding carboxylic acids is 1. The Kier molecular flexibility index (Phi) is 11.9. The largest absolute Gasteiger partial charge is 0.353 e. The number of hydrogen-bond acceptors (Lipinski definition) is 4. The summed E-state index contributed by atoms with van der Waals surface area (Å²) in [7, 11) is 2.18. The molecule has 1 aliphatic carbocycles. The van der Waals surface area contributed by atoms with Crippen molar-refractivity contribution in [2.24, 2.45) is 5.92 Å². The summed E-state index contributed by atoms with van der Waals surface area (Å²) in [6.07, 6.45) is 6.27. The van der Waals surface area contributed by atoms with E-state index in [0.717, 1.165) is 45.1 Å². The molecule has 1 saturated carbocycles. The molecule has 2 aliphatic heterocycles. The highest BCUT2D eigenvalue weighted by molar-refractivity contribution is 5.86. The fourth-order valence-electron chi connectivity index (χ4n) is 4.28. The molecule has 4 unspecified atom stereocenters. The van der Waals surface area contributed by atoms with Gasteiger partial charge in [0.2, 0.25) is 5.91 Å². The third-order valence-corrected chi connectivity index (χ3v) is 5.91. The first-order valence-corrected chi connectivity index (χ1v) is 9.10. The minimum Gasteiger partial charge on any atom is -0.353 e. The van der Waals surface area contributed by atoms with Gasteiger partial charge in [0.25, 0.3) is 0 Å². The maximum atomic E-state index is 12.4. The van der Waals surface area contributed by atoms with Gasteiger partial charge in [0, 0.05) is 44.8 Å². The number of nitrogens with zero attached hydrogens (tertiary/aromatic N) is 2. The van der Waals surface area contributed by atoms with Crippen molar-refractivity contribution in [3.8, 4) is 0 Å². The van der Waals surface area contributed by atoms with Crippen molar-refractivity contribution in [2.45, 2.75) is 57.2 Å².